The van der Waals surface area contributed by atoms with Gasteiger partial charge in [-0.05, 0) is 19.8 Å². The van der Waals surface area contributed by atoms with E-state index in [1.54, 1.807) is 0 Å². The van der Waals surface area contributed by atoms with Gasteiger partial charge in [-0.15, -0.1) is 0 Å². The Kier molecular flexibility index (Phi) is 6.15. The molecular weight excluding hydrogens is 178 g/mol. The highest BCUT2D eigenvalue weighted by Gasteiger charge is 2.21. The lowest BCUT2D eigenvalue weighted by Crippen LogP contribution is -2.38. The van der Waals surface area contributed by atoms with E-state index in [0.29, 0.717) is 6.04 Å². The van der Waals surface area contributed by atoms with Crippen LogP contribution in [0.15, 0.2) is 0 Å². The summed E-state index contributed by atoms with van der Waals surface area (Å²) in [6.45, 7) is 5.65. The second-order valence-electron chi connectivity index (χ2n) is 3.89. The summed E-state index contributed by atoms with van der Waals surface area (Å²) in [6.07, 6.45) is 5.29. The van der Waals surface area contributed by atoms with Gasteiger partial charge in [-0.25, -0.2) is 0 Å². The first kappa shape index (κ1) is 12.0. The van der Waals surface area contributed by atoms with Crippen LogP contribution >= 0.6 is 0 Å². The van der Waals surface area contributed by atoms with Gasteiger partial charge in [-0.2, -0.15) is 0 Å². The predicted molar refractivity (Wildman–Crippen MR) is 57.4 cm³/mol. The monoisotopic (exact) mass is 201 g/mol. The van der Waals surface area contributed by atoms with Gasteiger partial charge in [0.15, 0.2) is 0 Å². The van der Waals surface area contributed by atoms with E-state index in [9.17, 15) is 0 Å². The Labute approximate surface area is 87.1 Å². The molecule has 0 aromatic rings. The third kappa shape index (κ3) is 3.95. The minimum absolute atomic E-state index is 0.266. The highest BCUT2D eigenvalue weighted by Crippen LogP contribution is 2.22. The zero-order valence-electron chi connectivity index (χ0n) is 9.24. The van der Waals surface area contributed by atoms with Crippen LogP contribution in [-0.4, -0.2) is 49.0 Å². The van der Waals surface area contributed by atoms with Gasteiger partial charge in [-0.1, -0.05) is 12.8 Å². The van der Waals surface area contributed by atoms with Crippen LogP contribution in [0, 0.1) is 0 Å². The van der Waals surface area contributed by atoms with E-state index in [0.717, 1.165) is 26.3 Å². The molecule has 0 heterocycles. The molecule has 14 heavy (non-hydrogen) atoms. The summed E-state index contributed by atoms with van der Waals surface area (Å²) < 4.78 is 5.35. The molecule has 84 valence electrons. The fourth-order valence-corrected chi connectivity index (χ4v) is 2.20. The molecule has 0 saturated heterocycles. The van der Waals surface area contributed by atoms with Gasteiger partial charge in [0.1, 0.15) is 0 Å². The van der Waals surface area contributed by atoms with Crippen LogP contribution in [0.1, 0.15) is 32.6 Å². The fraction of sp³-hybridized carbons (Fsp3) is 1.00. The van der Waals surface area contributed by atoms with Crippen LogP contribution in [0.25, 0.3) is 0 Å². The predicted octanol–water partition coefficient (Wildman–Crippen LogP) is 1.26. The summed E-state index contributed by atoms with van der Waals surface area (Å²) in [5.74, 6) is 0. The first-order valence-corrected chi connectivity index (χ1v) is 5.81. The Morgan fingerprint density at radius 2 is 2.00 bits per heavy atom. The molecule has 0 aliphatic heterocycles. The summed E-state index contributed by atoms with van der Waals surface area (Å²) in [5, 5.41) is 8.97. The van der Waals surface area contributed by atoms with E-state index in [1.807, 2.05) is 6.92 Å². The van der Waals surface area contributed by atoms with E-state index in [-0.39, 0.29) is 6.61 Å². The molecule has 0 atom stereocenters. The van der Waals surface area contributed by atoms with E-state index in [4.69, 9.17) is 9.84 Å². The van der Waals surface area contributed by atoms with Crippen molar-refractivity contribution in [2.24, 2.45) is 0 Å². The second-order valence-corrected chi connectivity index (χ2v) is 3.89. The Morgan fingerprint density at radius 1 is 1.29 bits per heavy atom. The molecule has 0 unspecified atom stereocenters. The van der Waals surface area contributed by atoms with Crippen LogP contribution in [0.3, 0.4) is 0 Å². The zero-order chi connectivity index (χ0) is 10.2. The standard InChI is InChI=1S/C11H23NO2/c1-2-14-10-8-12(7-9-13)11-5-3-4-6-11/h11,13H,2-10H2,1H3. The number of rotatable bonds is 7. The minimum Gasteiger partial charge on any atom is -0.395 e. The van der Waals surface area contributed by atoms with Crippen molar-refractivity contribution in [2.45, 2.75) is 38.6 Å². The summed E-state index contributed by atoms with van der Waals surface area (Å²) in [5.41, 5.74) is 0. The molecule has 0 spiro atoms. The van der Waals surface area contributed by atoms with Crippen molar-refractivity contribution >= 4 is 0 Å². The second kappa shape index (κ2) is 7.21. The Bertz CT molecular complexity index is 135. The Morgan fingerprint density at radius 3 is 2.57 bits per heavy atom. The Balaban J connectivity index is 2.22. The molecule has 0 bridgehead atoms. The normalized spacial score (nSPS) is 18.2. The van der Waals surface area contributed by atoms with Crippen molar-refractivity contribution in [3.8, 4) is 0 Å². The highest BCUT2D eigenvalue weighted by molar-refractivity contribution is 4.77. The van der Waals surface area contributed by atoms with Crippen LogP contribution in [0.4, 0.5) is 0 Å². The average molecular weight is 201 g/mol. The molecule has 0 radical (unpaired) electrons. The summed E-state index contributed by atoms with van der Waals surface area (Å²) in [7, 11) is 0. The van der Waals surface area contributed by atoms with Crippen LogP contribution in [0.5, 0.6) is 0 Å². The van der Waals surface area contributed by atoms with Crippen LogP contribution < -0.4 is 0 Å². The quantitative estimate of drug-likeness (QED) is 0.629. The van der Waals surface area contributed by atoms with Crippen molar-refractivity contribution < 1.29 is 9.84 Å². The van der Waals surface area contributed by atoms with E-state index in [2.05, 4.69) is 4.90 Å². The molecule has 0 amide bonds. The molecule has 1 fully saturated rings. The first-order chi connectivity index (χ1) is 6.88. The average Bonchev–Trinajstić information content (AvgIpc) is 2.70. The van der Waals surface area contributed by atoms with Gasteiger partial charge < -0.3 is 9.84 Å². The maximum absolute atomic E-state index is 8.97. The third-order valence-electron chi connectivity index (χ3n) is 2.96. The SMILES string of the molecule is CCOCCN(CCO)C1CCCC1. The van der Waals surface area contributed by atoms with Gasteiger partial charge in [0.25, 0.3) is 0 Å². The molecule has 0 aromatic heterocycles. The number of aliphatic hydroxyl groups excluding tert-OH is 1. The van der Waals surface area contributed by atoms with Crippen molar-refractivity contribution in [3.63, 3.8) is 0 Å². The largest absolute Gasteiger partial charge is 0.395 e. The Hall–Kier alpha value is -0.120. The molecule has 3 nitrogen and oxygen atoms in total. The number of aliphatic hydroxyl groups is 1. The van der Waals surface area contributed by atoms with E-state index < -0.39 is 0 Å². The molecular formula is C11H23NO2. The molecule has 0 aromatic carbocycles. The van der Waals surface area contributed by atoms with Crippen molar-refractivity contribution in [3.05, 3.63) is 0 Å². The van der Waals surface area contributed by atoms with Crippen LogP contribution in [0.2, 0.25) is 0 Å². The first-order valence-electron chi connectivity index (χ1n) is 5.81. The highest BCUT2D eigenvalue weighted by atomic mass is 16.5. The lowest BCUT2D eigenvalue weighted by molar-refractivity contribution is 0.0832. The lowest BCUT2D eigenvalue weighted by atomic mass is 10.2. The van der Waals surface area contributed by atoms with E-state index in [1.165, 1.54) is 25.7 Å². The molecule has 1 aliphatic carbocycles. The lowest BCUT2D eigenvalue weighted by Gasteiger charge is -2.27. The molecule has 1 aliphatic rings. The number of nitrogens with zero attached hydrogens (tertiary/aromatic N) is 1. The topological polar surface area (TPSA) is 32.7 Å². The number of hydrogen-bond acceptors (Lipinski definition) is 3. The van der Waals surface area contributed by atoms with Gasteiger partial charge in [0.2, 0.25) is 0 Å². The van der Waals surface area contributed by atoms with Crippen molar-refractivity contribution in [1.29, 1.82) is 0 Å². The maximum atomic E-state index is 8.97. The fourth-order valence-electron chi connectivity index (χ4n) is 2.20. The summed E-state index contributed by atoms with van der Waals surface area (Å²) in [6, 6.07) is 0.697. The van der Waals surface area contributed by atoms with Crippen molar-refractivity contribution in [2.75, 3.05) is 32.9 Å². The van der Waals surface area contributed by atoms with Gasteiger partial charge in [0, 0.05) is 25.7 Å². The minimum atomic E-state index is 0.266. The van der Waals surface area contributed by atoms with Crippen LogP contribution in [-0.2, 0) is 4.74 Å². The zero-order valence-corrected chi connectivity index (χ0v) is 9.24. The molecule has 1 N–H and O–H groups in total. The molecule has 1 saturated carbocycles. The number of hydrogen-bond donors (Lipinski definition) is 1. The van der Waals surface area contributed by atoms with Crippen molar-refractivity contribution in [1.82, 2.24) is 4.90 Å². The van der Waals surface area contributed by atoms with Gasteiger partial charge in [-0.3, -0.25) is 4.90 Å². The van der Waals surface area contributed by atoms with E-state index >= 15 is 0 Å². The smallest absolute Gasteiger partial charge is 0.0593 e. The third-order valence-corrected chi connectivity index (χ3v) is 2.96. The van der Waals surface area contributed by atoms with Gasteiger partial charge >= 0.3 is 0 Å². The summed E-state index contributed by atoms with van der Waals surface area (Å²) in [4.78, 5) is 2.38. The summed E-state index contributed by atoms with van der Waals surface area (Å²) >= 11 is 0. The molecule has 1 rings (SSSR count). The maximum Gasteiger partial charge on any atom is 0.0593 e. The number of ether oxygens (including phenoxy) is 1. The van der Waals surface area contributed by atoms with Gasteiger partial charge in [0.05, 0.1) is 13.2 Å². The molecule has 3 heteroatoms.